The van der Waals surface area contributed by atoms with E-state index >= 15 is 0 Å². The molecule has 5 nitrogen and oxygen atoms in total. The third kappa shape index (κ3) is 3.56. The summed E-state index contributed by atoms with van der Waals surface area (Å²) in [6, 6.07) is 6.48. The highest BCUT2D eigenvalue weighted by atomic mass is 16.7. The third-order valence-electron chi connectivity index (χ3n) is 7.60. The summed E-state index contributed by atoms with van der Waals surface area (Å²) in [5.41, 5.74) is 4.02. The van der Waals surface area contributed by atoms with E-state index in [1.165, 1.54) is 29.5 Å². The van der Waals surface area contributed by atoms with Gasteiger partial charge in [-0.15, -0.1) is 0 Å². The summed E-state index contributed by atoms with van der Waals surface area (Å²) in [6.45, 7) is 4.71. The molecular formula is C25H33NO4. The van der Waals surface area contributed by atoms with Gasteiger partial charge in [0, 0.05) is 38.3 Å². The Kier molecular flexibility index (Phi) is 5.14. The van der Waals surface area contributed by atoms with Crippen molar-refractivity contribution in [3.05, 3.63) is 41.0 Å². The minimum atomic E-state index is -0.493. The summed E-state index contributed by atoms with van der Waals surface area (Å²) < 4.78 is 18.0. The Morgan fingerprint density at radius 1 is 1.27 bits per heavy atom. The van der Waals surface area contributed by atoms with Gasteiger partial charge >= 0.3 is 0 Å². The van der Waals surface area contributed by atoms with E-state index in [1.807, 2.05) is 0 Å². The van der Waals surface area contributed by atoms with Gasteiger partial charge in [-0.3, -0.25) is 4.79 Å². The molecule has 1 aromatic carbocycles. The van der Waals surface area contributed by atoms with Crippen LogP contribution in [0.3, 0.4) is 0 Å². The maximum Gasteiger partial charge on any atom is 0.219 e. The quantitative estimate of drug-likeness (QED) is 0.664. The Morgan fingerprint density at radius 3 is 2.77 bits per heavy atom. The minimum absolute atomic E-state index is 0.165. The summed E-state index contributed by atoms with van der Waals surface area (Å²) in [6.07, 6.45) is 9.52. The van der Waals surface area contributed by atoms with Gasteiger partial charge in [0.05, 0.1) is 20.3 Å². The monoisotopic (exact) mass is 411 g/mol. The highest BCUT2D eigenvalue weighted by Crippen LogP contribution is 2.55. The number of benzene rings is 1. The van der Waals surface area contributed by atoms with Crippen LogP contribution in [-0.2, 0) is 26.1 Å². The van der Waals surface area contributed by atoms with Crippen LogP contribution in [0.15, 0.2) is 29.8 Å². The van der Waals surface area contributed by atoms with Crippen molar-refractivity contribution in [3.8, 4) is 5.75 Å². The lowest BCUT2D eigenvalue weighted by Gasteiger charge is -2.50. The normalized spacial score (nSPS) is 26.7. The van der Waals surface area contributed by atoms with Crippen LogP contribution in [0.1, 0.15) is 56.6 Å². The summed E-state index contributed by atoms with van der Waals surface area (Å²) in [5, 5.41) is 0. The van der Waals surface area contributed by atoms with Crippen molar-refractivity contribution in [2.75, 3.05) is 33.4 Å². The first-order chi connectivity index (χ1) is 14.5. The molecular weight excluding hydrogens is 378 g/mol. The van der Waals surface area contributed by atoms with Crippen molar-refractivity contribution < 1.29 is 19.0 Å². The summed E-state index contributed by atoms with van der Waals surface area (Å²) in [4.78, 5) is 14.4. The molecule has 3 fully saturated rings. The highest BCUT2D eigenvalue weighted by molar-refractivity contribution is 5.73. The number of hydrogen-bond donors (Lipinski definition) is 0. The Labute approximate surface area is 179 Å². The zero-order valence-corrected chi connectivity index (χ0v) is 18.2. The fourth-order valence-corrected chi connectivity index (χ4v) is 5.77. The van der Waals surface area contributed by atoms with E-state index in [0.717, 1.165) is 50.9 Å². The fourth-order valence-electron chi connectivity index (χ4n) is 5.77. The van der Waals surface area contributed by atoms with Crippen LogP contribution in [-0.4, -0.2) is 50.0 Å². The molecule has 2 saturated carbocycles. The van der Waals surface area contributed by atoms with E-state index in [4.69, 9.17) is 14.2 Å². The zero-order valence-electron chi connectivity index (χ0n) is 18.2. The lowest BCUT2D eigenvalue weighted by molar-refractivity contribution is -0.184. The predicted molar refractivity (Wildman–Crippen MR) is 115 cm³/mol. The van der Waals surface area contributed by atoms with Gasteiger partial charge in [-0.05, 0) is 61.3 Å². The van der Waals surface area contributed by atoms with Crippen molar-refractivity contribution in [1.29, 1.82) is 0 Å². The van der Waals surface area contributed by atoms with E-state index in [9.17, 15) is 4.79 Å². The summed E-state index contributed by atoms with van der Waals surface area (Å²) in [5.74, 6) is 1.28. The van der Waals surface area contributed by atoms with Crippen molar-refractivity contribution in [1.82, 2.24) is 4.90 Å². The van der Waals surface area contributed by atoms with Crippen LogP contribution in [0, 0.1) is 5.92 Å². The summed E-state index contributed by atoms with van der Waals surface area (Å²) in [7, 11) is 1.73. The topological polar surface area (TPSA) is 48.0 Å². The molecule has 1 atom stereocenters. The van der Waals surface area contributed by atoms with Crippen LogP contribution >= 0.6 is 0 Å². The van der Waals surface area contributed by atoms with Crippen LogP contribution in [0.4, 0.5) is 0 Å². The van der Waals surface area contributed by atoms with Gasteiger partial charge in [0.2, 0.25) is 5.91 Å². The fraction of sp³-hybridized carbons (Fsp3) is 0.640. The molecule has 0 radical (unpaired) electrons. The van der Waals surface area contributed by atoms with Crippen molar-refractivity contribution >= 4 is 5.91 Å². The molecule has 30 heavy (non-hydrogen) atoms. The number of carbonyl (C=O) groups is 1. The molecule has 1 heterocycles. The van der Waals surface area contributed by atoms with Gasteiger partial charge < -0.3 is 19.1 Å². The number of rotatable bonds is 6. The first kappa shape index (κ1) is 20.1. The molecule has 162 valence electrons. The molecule has 4 aliphatic rings. The minimum Gasteiger partial charge on any atom is -0.497 e. The Balaban J connectivity index is 1.52. The predicted octanol–water partition coefficient (Wildman–Crippen LogP) is 3.99. The number of methoxy groups -OCH3 is 1. The van der Waals surface area contributed by atoms with Gasteiger partial charge in [0.25, 0.3) is 0 Å². The lowest BCUT2D eigenvalue weighted by atomic mass is 9.59. The van der Waals surface area contributed by atoms with Crippen LogP contribution in [0.25, 0.3) is 0 Å². The SMILES string of the molecule is COc1ccc2c(c1)C1(CCN(CC3CC3)C(C)=O)CC3(CCC1=CC2)OCCO3. The third-order valence-corrected chi connectivity index (χ3v) is 7.60. The smallest absolute Gasteiger partial charge is 0.219 e. The van der Waals surface area contributed by atoms with E-state index in [0.29, 0.717) is 19.1 Å². The Morgan fingerprint density at radius 2 is 2.07 bits per heavy atom. The van der Waals surface area contributed by atoms with Gasteiger partial charge in [-0.25, -0.2) is 0 Å². The number of amides is 1. The first-order valence-corrected chi connectivity index (χ1v) is 11.4. The maximum absolute atomic E-state index is 12.4. The molecule has 5 rings (SSSR count). The van der Waals surface area contributed by atoms with E-state index in [-0.39, 0.29) is 11.3 Å². The molecule has 0 N–H and O–H groups in total. The van der Waals surface area contributed by atoms with Gasteiger partial charge in [-0.1, -0.05) is 17.7 Å². The molecule has 1 spiro atoms. The largest absolute Gasteiger partial charge is 0.497 e. The summed E-state index contributed by atoms with van der Waals surface area (Å²) >= 11 is 0. The Hall–Kier alpha value is -1.85. The lowest BCUT2D eigenvalue weighted by Crippen LogP contribution is -2.49. The number of nitrogens with zero attached hydrogens (tertiary/aromatic N) is 1. The average molecular weight is 412 g/mol. The standard InChI is InChI=1S/C25H33NO4/c1-18(27)26(16-19-3-4-19)12-11-24-17-25(29-13-14-30-25)10-9-21(24)7-5-20-6-8-22(28-2)15-23(20)24/h6-8,15,19H,3-5,9-14,16-17H2,1-2H3. The van der Waals surface area contributed by atoms with Gasteiger partial charge in [0.1, 0.15) is 5.75 Å². The van der Waals surface area contributed by atoms with Crippen molar-refractivity contribution in [2.45, 2.75) is 63.1 Å². The number of fused-ring (bicyclic) bond motifs is 3. The second-order valence-corrected chi connectivity index (χ2v) is 9.48. The van der Waals surface area contributed by atoms with Crippen LogP contribution < -0.4 is 4.74 Å². The van der Waals surface area contributed by atoms with E-state index in [1.54, 1.807) is 14.0 Å². The number of ether oxygens (including phenoxy) is 3. The molecule has 1 unspecified atom stereocenters. The first-order valence-electron chi connectivity index (χ1n) is 11.4. The van der Waals surface area contributed by atoms with Crippen LogP contribution in [0.5, 0.6) is 5.75 Å². The molecule has 1 amide bonds. The number of allylic oxidation sites excluding steroid dienone is 2. The van der Waals surface area contributed by atoms with Crippen molar-refractivity contribution in [2.24, 2.45) is 5.92 Å². The number of hydrogen-bond acceptors (Lipinski definition) is 4. The second kappa shape index (κ2) is 7.69. The zero-order chi connectivity index (χ0) is 20.8. The molecule has 1 saturated heterocycles. The Bertz CT molecular complexity index is 853. The molecule has 5 heteroatoms. The maximum atomic E-state index is 12.4. The molecule has 1 aromatic rings. The van der Waals surface area contributed by atoms with Gasteiger partial charge in [0.15, 0.2) is 5.79 Å². The number of carbonyl (C=O) groups excluding carboxylic acids is 1. The van der Waals surface area contributed by atoms with Crippen molar-refractivity contribution in [3.63, 3.8) is 0 Å². The van der Waals surface area contributed by atoms with Crippen LogP contribution in [0.2, 0.25) is 0 Å². The van der Waals surface area contributed by atoms with Gasteiger partial charge in [-0.2, -0.15) is 0 Å². The van der Waals surface area contributed by atoms with E-state index in [2.05, 4.69) is 29.2 Å². The molecule has 1 aliphatic heterocycles. The second-order valence-electron chi connectivity index (χ2n) is 9.48. The molecule has 0 bridgehead atoms. The molecule has 3 aliphatic carbocycles. The molecule has 0 aromatic heterocycles. The highest BCUT2D eigenvalue weighted by Gasteiger charge is 2.53. The van der Waals surface area contributed by atoms with E-state index < -0.39 is 5.79 Å². The average Bonchev–Trinajstić information content (AvgIpc) is 3.47.